The Morgan fingerprint density at radius 2 is 2.06 bits per heavy atom. The molecule has 1 aromatic heterocycles. The van der Waals surface area contributed by atoms with Crippen molar-refractivity contribution in [1.82, 2.24) is 0 Å². The number of phenolic OH excluding ortho intramolecular Hbond substituents is 1. The zero-order valence-electron chi connectivity index (χ0n) is 8.81. The number of carbonyl (C=O) groups is 1. The van der Waals surface area contributed by atoms with E-state index in [1.165, 1.54) is 17.4 Å². The largest absolute Gasteiger partial charge is 0.506 e. The van der Waals surface area contributed by atoms with Crippen LogP contribution in [-0.2, 0) is 11.2 Å². The van der Waals surface area contributed by atoms with Gasteiger partial charge in [0.1, 0.15) is 5.75 Å². The fourth-order valence-electron chi connectivity index (χ4n) is 1.38. The second kappa shape index (κ2) is 5.33. The molecular formula is C12H10BrNO2S. The second-order valence-electron chi connectivity index (χ2n) is 3.45. The molecule has 2 N–H and O–H groups in total. The minimum absolute atomic E-state index is 0.0770. The van der Waals surface area contributed by atoms with Crippen molar-refractivity contribution in [2.45, 2.75) is 6.42 Å². The molecule has 0 radical (unpaired) electrons. The van der Waals surface area contributed by atoms with E-state index >= 15 is 0 Å². The van der Waals surface area contributed by atoms with Crippen LogP contribution in [0.2, 0.25) is 0 Å². The van der Waals surface area contributed by atoms with Gasteiger partial charge in [-0.15, -0.1) is 11.3 Å². The average molecular weight is 312 g/mol. The summed E-state index contributed by atoms with van der Waals surface area (Å²) in [6.45, 7) is 0. The van der Waals surface area contributed by atoms with Crippen LogP contribution in [0.3, 0.4) is 0 Å². The van der Waals surface area contributed by atoms with E-state index in [1.807, 2.05) is 12.1 Å². The Morgan fingerprint density at radius 3 is 2.71 bits per heavy atom. The van der Waals surface area contributed by atoms with E-state index in [9.17, 15) is 9.90 Å². The zero-order valence-corrected chi connectivity index (χ0v) is 11.2. The Balaban J connectivity index is 2.01. The van der Waals surface area contributed by atoms with Gasteiger partial charge in [0, 0.05) is 4.88 Å². The molecule has 0 unspecified atom stereocenters. The van der Waals surface area contributed by atoms with Crippen molar-refractivity contribution in [3.05, 3.63) is 45.1 Å². The van der Waals surface area contributed by atoms with Gasteiger partial charge in [0.2, 0.25) is 5.91 Å². The lowest BCUT2D eigenvalue weighted by Gasteiger charge is -2.05. The van der Waals surface area contributed by atoms with Gasteiger partial charge < -0.3 is 10.4 Å². The van der Waals surface area contributed by atoms with Crippen molar-refractivity contribution in [3.8, 4) is 5.75 Å². The summed E-state index contributed by atoms with van der Waals surface area (Å²) in [5.74, 6) is -0.0611. The lowest BCUT2D eigenvalue weighted by molar-refractivity contribution is -0.115. The smallest absolute Gasteiger partial charge is 0.229 e. The number of anilines is 1. The summed E-state index contributed by atoms with van der Waals surface area (Å²) in [4.78, 5) is 12.7. The first-order valence-electron chi connectivity index (χ1n) is 4.97. The summed E-state index contributed by atoms with van der Waals surface area (Å²) < 4.78 is 1.00. The Morgan fingerprint density at radius 1 is 1.29 bits per heavy atom. The van der Waals surface area contributed by atoms with Crippen molar-refractivity contribution in [1.29, 1.82) is 0 Å². The summed E-state index contributed by atoms with van der Waals surface area (Å²) in [6.07, 6.45) is 0.310. The van der Waals surface area contributed by atoms with Gasteiger partial charge in [-0.1, -0.05) is 12.1 Å². The summed E-state index contributed by atoms with van der Waals surface area (Å²) in [5.41, 5.74) is 0.438. The number of thiophene rings is 1. The van der Waals surface area contributed by atoms with Gasteiger partial charge >= 0.3 is 0 Å². The van der Waals surface area contributed by atoms with E-state index in [2.05, 4.69) is 21.2 Å². The molecule has 2 aromatic rings. The number of carbonyl (C=O) groups excluding carboxylic acids is 1. The molecule has 1 heterocycles. The first-order chi connectivity index (χ1) is 8.15. The molecule has 2 rings (SSSR count). The third-order valence-corrected chi connectivity index (χ3v) is 3.77. The maximum Gasteiger partial charge on any atom is 0.229 e. The summed E-state index contributed by atoms with van der Waals surface area (Å²) >= 11 is 4.87. The highest BCUT2D eigenvalue weighted by Crippen LogP contribution is 2.24. The molecule has 0 saturated heterocycles. The van der Waals surface area contributed by atoms with Crippen molar-refractivity contribution in [3.63, 3.8) is 0 Å². The molecule has 5 heteroatoms. The zero-order chi connectivity index (χ0) is 12.3. The van der Waals surface area contributed by atoms with Gasteiger partial charge in [-0.05, 0) is 40.2 Å². The monoisotopic (exact) mass is 311 g/mol. The maximum atomic E-state index is 11.7. The minimum atomic E-state index is -0.138. The van der Waals surface area contributed by atoms with Crippen LogP contribution in [0.1, 0.15) is 4.88 Å². The molecule has 0 atom stereocenters. The summed E-state index contributed by atoms with van der Waals surface area (Å²) in [5, 5.41) is 12.2. The highest BCUT2D eigenvalue weighted by molar-refractivity contribution is 9.11. The Labute approximate surface area is 111 Å². The highest BCUT2D eigenvalue weighted by atomic mass is 79.9. The standard InChI is InChI=1S/C12H10BrNO2S/c13-11-6-5-8(17-11)7-12(16)14-9-3-1-2-4-10(9)15/h1-6,15H,7H2,(H,14,16). The van der Waals surface area contributed by atoms with Crippen LogP contribution in [0.5, 0.6) is 5.75 Å². The lowest BCUT2D eigenvalue weighted by Crippen LogP contribution is -2.13. The predicted molar refractivity (Wildman–Crippen MR) is 72.5 cm³/mol. The van der Waals surface area contributed by atoms with Crippen molar-refractivity contribution >= 4 is 38.9 Å². The highest BCUT2D eigenvalue weighted by Gasteiger charge is 2.08. The van der Waals surface area contributed by atoms with Crippen LogP contribution in [0, 0.1) is 0 Å². The van der Waals surface area contributed by atoms with E-state index in [4.69, 9.17) is 0 Å². The molecule has 0 aliphatic carbocycles. The van der Waals surface area contributed by atoms with Crippen molar-refractivity contribution in [2.24, 2.45) is 0 Å². The molecule has 1 aromatic carbocycles. The Bertz CT molecular complexity index is 539. The van der Waals surface area contributed by atoms with E-state index in [0.29, 0.717) is 12.1 Å². The number of nitrogens with one attached hydrogen (secondary N) is 1. The third-order valence-electron chi connectivity index (χ3n) is 2.14. The number of amides is 1. The van der Waals surface area contributed by atoms with E-state index in [1.54, 1.807) is 18.2 Å². The number of hydrogen-bond acceptors (Lipinski definition) is 3. The predicted octanol–water partition coefficient (Wildman–Crippen LogP) is 3.40. The first-order valence-corrected chi connectivity index (χ1v) is 6.58. The van der Waals surface area contributed by atoms with Gasteiger partial charge in [-0.3, -0.25) is 4.79 Å². The molecular weight excluding hydrogens is 302 g/mol. The molecule has 1 amide bonds. The molecule has 0 bridgehead atoms. The third kappa shape index (κ3) is 3.31. The molecule has 0 fully saturated rings. The molecule has 0 saturated carbocycles. The van der Waals surface area contributed by atoms with E-state index in [0.717, 1.165) is 8.66 Å². The number of hydrogen-bond donors (Lipinski definition) is 2. The van der Waals surface area contributed by atoms with Crippen LogP contribution in [0.15, 0.2) is 40.2 Å². The van der Waals surface area contributed by atoms with Crippen LogP contribution in [-0.4, -0.2) is 11.0 Å². The van der Waals surface area contributed by atoms with Crippen molar-refractivity contribution < 1.29 is 9.90 Å². The summed E-state index contributed by atoms with van der Waals surface area (Å²) in [6, 6.07) is 10.5. The number of rotatable bonds is 3. The van der Waals surface area contributed by atoms with Crippen LogP contribution in [0.4, 0.5) is 5.69 Å². The van der Waals surface area contributed by atoms with Gasteiger partial charge in [-0.25, -0.2) is 0 Å². The number of halogens is 1. The number of aromatic hydroxyl groups is 1. The van der Waals surface area contributed by atoms with Gasteiger partial charge in [0.15, 0.2) is 0 Å². The molecule has 0 spiro atoms. The number of benzene rings is 1. The number of phenols is 1. The van der Waals surface area contributed by atoms with Gasteiger partial charge in [0.25, 0.3) is 0 Å². The van der Waals surface area contributed by atoms with Crippen LogP contribution < -0.4 is 5.32 Å². The fraction of sp³-hybridized carbons (Fsp3) is 0.0833. The molecule has 0 aliphatic heterocycles. The van der Waals surface area contributed by atoms with E-state index < -0.39 is 0 Å². The summed E-state index contributed by atoms with van der Waals surface area (Å²) in [7, 11) is 0. The molecule has 88 valence electrons. The quantitative estimate of drug-likeness (QED) is 0.854. The fourth-order valence-corrected chi connectivity index (χ4v) is 2.86. The normalized spacial score (nSPS) is 10.2. The Kier molecular flexibility index (Phi) is 3.81. The van der Waals surface area contributed by atoms with Crippen molar-refractivity contribution in [2.75, 3.05) is 5.32 Å². The second-order valence-corrected chi connectivity index (χ2v) is 6.00. The lowest BCUT2D eigenvalue weighted by atomic mass is 10.2. The molecule has 3 nitrogen and oxygen atoms in total. The Hall–Kier alpha value is -1.33. The SMILES string of the molecule is O=C(Cc1ccc(Br)s1)Nc1ccccc1O. The minimum Gasteiger partial charge on any atom is -0.506 e. The topological polar surface area (TPSA) is 49.3 Å². The number of para-hydroxylation sites is 2. The van der Waals surface area contributed by atoms with Gasteiger partial charge in [0.05, 0.1) is 15.9 Å². The van der Waals surface area contributed by atoms with E-state index in [-0.39, 0.29) is 11.7 Å². The van der Waals surface area contributed by atoms with Crippen LogP contribution in [0.25, 0.3) is 0 Å². The maximum absolute atomic E-state index is 11.7. The molecule has 0 aliphatic rings. The molecule has 17 heavy (non-hydrogen) atoms. The average Bonchev–Trinajstić information content (AvgIpc) is 2.67. The first kappa shape index (κ1) is 12.1. The van der Waals surface area contributed by atoms with Gasteiger partial charge in [-0.2, -0.15) is 0 Å². The van der Waals surface area contributed by atoms with Crippen LogP contribution >= 0.6 is 27.3 Å².